The standard InChI is InChI=1S/C20H35N3O5S.HI/c1-6-21-20(22-11-12-26-13-14-29(5,24)25)23-16(4)17-9-10-18(27-7-2)19(15-17)28-8-3;/h9-10,15-16H,6-8,11-14H2,1-5H3,(H2,21,22,23);1H. The summed E-state index contributed by atoms with van der Waals surface area (Å²) in [6.45, 7) is 10.8. The largest absolute Gasteiger partial charge is 0.490 e. The second-order valence-electron chi connectivity index (χ2n) is 6.44. The van der Waals surface area contributed by atoms with Gasteiger partial charge in [-0.3, -0.25) is 4.99 Å². The summed E-state index contributed by atoms with van der Waals surface area (Å²) < 4.78 is 38.8. The van der Waals surface area contributed by atoms with E-state index < -0.39 is 9.84 Å². The Bertz CT molecular complexity index is 744. The van der Waals surface area contributed by atoms with Crippen LogP contribution in [-0.4, -0.2) is 65.9 Å². The van der Waals surface area contributed by atoms with Crippen LogP contribution >= 0.6 is 24.0 Å². The molecule has 1 atom stereocenters. The zero-order valence-corrected chi connectivity index (χ0v) is 21.7. The van der Waals surface area contributed by atoms with Crippen LogP contribution < -0.4 is 20.1 Å². The molecule has 1 rings (SSSR count). The van der Waals surface area contributed by atoms with Gasteiger partial charge in [0.2, 0.25) is 0 Å². The van der Waals surface area contributed by atoms with E-state index >= 15 is 0 Å². The van der Waals surface area contributed by atoms with Crippen LogP contribution in [0.5, 0.6) is 11.5 Å². The summed E-state index contributed by atoms with van der Waals surface area (Å²) in [6, 6.07) is 5.89. The molecule has 0 amide bonds. The van der Waals surface area contributed by atoms with E-state index in [0.717, 1.165) is 23.6 Å². The molecule has 1 aromatic carbocycles. The van der Waals surface area contributed by atoms with Crippen LogP contribution in [-0.2, 0) is 14.6 Å². The first kappa shape index (κ1) is 28.7. The maximum absolute atomic E-state index is 11.1. The molecule has 0 aliphatic heterocycles. The minimum Gasteiger partial charge on any atom is -0.490 e. The number of nitrogens with zero attached hydrogens (tertiary/aromatic N) is 1. The first-order chi connectivity index (χ1) is 13.8. The number of aliphatic imine (C=N–C) groups is 1. The molecule has 0 aliphatic carbocycles. The average Bonchev–Trinajstić information content (AvgIpc) is 2.65. The van der Waals surface area contributed by atoms with Gasteiger partial charge in [-0.1, -0.05) is 6.07 Å². The summed E-state index contributed by atoms with van der Waals surface area (Å²) in [7, 11) is -3.00. The van der Waals surface area contributed by atoms with Crippen molar-refractivity contribution in [2.24, 2.45) is 4.99 Å². The van der Waals surface area contributed by atoms with E-state index in [4.69, 9.17) is 14.2 Å². The number of rotatable bonds is 13. The molecule has 0 aromatic heterocycles. The van der Waals surface area contributed by atoms with Crippen LogP contribution in [0.2, 0.25) is 0 Å². The topological polar surface area (TPSA) is 98.3 Å². The van der Waals surface area contributed by atoms with E-state index in [1.807, 2.05) is 45.9 Å². The lowest BCUT2D eigenvalue weighted by molar-refractivity contribution is 0.157. The minimum atomic E-state index is -3.00. The predicted molar refractivity (Wildman–Crippen MR) is 132 cm³/mol. The molecule has 0 radical (unpaired) electrons. The molecule has 0 heterocycles. The molecule has 1 aromatic rings. The van der Waals surface area contributed by atoms with Crippen molar-refractivity contribution in [3.63, 3.8) is 0 Å². The van der Waals surface area contributed by atoms with E-state index in [2.05, 4.69) is 15.6 Å². The molecule has 0 spiro atoms. The highest BCUT2D eigenvalue weighted by Crippen LogP contribution is 2.30. The van der Waals surface area contributed by atoms with Crippen LogP contribution in [0.4, 0.5) is 0 Å². The molecule has 174 valence electrons. The van der Waals surface area contributed by atoms with Gasteiger partial charge in [0, 0.05) is 12.8 Å². The van der Waals surface area contributed by atoms with Crippen molar-refractivity contribution >= 4 is 39.8 Å². The molecular formula is C20H36IN3O5S. The average molecular weight is 557 g/mol. The number of sulfone groups is 1. The first-order valence-electron chi connectivity index (χ1n) is 10.0. The Hall–Kier alpha value is -1.27. The first-order valence-corrected chi connectivity index (χ1v) is 12.1. The summed E-state index contributed by atoms with van der Waals surface area (Å²) >= 11 is 0. The summed E-state index contributed by atoms with van der Waals surface area (Å²) in [6.07, 6.45) is 1.20. The van der Waals surface area contributed by atoms with E-state index in [9.17, 15) is 8.42 Å². The number of hydrogen-bond acceptors (Lipinski definition) is 6. The van der Waals surface area contributed by atoms with Gasteiger partial charge in [0.25, 0.3) is 0 Å². The van der Waals surface area contributed by atoms with Crippen LogP contribution in [0, 0.1) is 0 Å². The van der Waals surface area contributed by atoms with Gasteiger partial charge in [0.15, 0.2) is 17.5 Å². The van der Waals surface area contributed by atoms with Crippen LogP contribution in [0.25, 0.3) is 0 Å². The van der Waals surface area contributed by atoms with Gasteiger partial charge in [0.1, 0.15) is 9.84 Å². The maximum Gasteiger partial charge on any atom is 0.191 e. The van der Waals surface area contributed by atoms with Crippen molar-refractivity contribution in [1.29, 1.82) is 0 Å². The Labute approximate surface area is 198 Å². The Morgan fingerprint density at radius 2 is 1.77 bits per heavy atom. The highest BCUT2D eigenvalue weighted by Gasteiger charge is 2.12. The lowest BCUT2D eigenvalue weighted by Crippen LogP contribution is -2.39. The molecule has 0 saturated heterocycles. The van der Waals surface area contributed by atoms with Gasteiger partial charge in [-0.25, -0.2) is 8.42 Å². The van der Waals surface area contributed by atoms with Crippen LogP contribution in [0.15, 0.2) is 23.2 Å². The van der Waals surface area contributed by atoms with E-state index in [-0.39, 0.29) is 42.4 Å². The SMILES string of the molecule is CCNC(=NCCOCCS(C)(=O)=O)NC(C)c1ccc(OCC)c(OCC)c1.I. The fourth-order valence-electron chi connectivity index (χ4n) is 2.48. The third-order valence-electron chi connectivity index (χ3n) is 3.87. The third kappa shape index (κ3) is 11.8. The Kier molecular flexibility index (Phi) is 14.9. The highest BCUT2D eigenvalue weighted by atomic mass is 127. The normalized spacial score (nSPS) is 12.6. The van der Waals surface area contributed by atoms with Crippen molar-refractivity contribution in [3.8, 4) is 11.5 Å². The molecule has 30 heavy (non-hydrogen) atoms. The zero-order chi connectivity index (χ0) is 21.7. The number of nitrogens with one attached hydrogen (secondary N) is 2. The summed E-state index contributed by atoms with van der Waals surface area (Å²) in [5, 5.41) is 6.56. The van der Waals surface area contributed by atoms with Gasteiger partial charge in [-0.2, -0.15) is 0 Å². The molecular weight excluding hydrogens is 521 g/mol. The predicted octanol–water partition coefficient (Wildman–Crippen LogP) is 2.78. The maximum atomic E-state index is 11.1. The molecule has 1 unspecified atom stereocenters. The summed E-state index contributed by atoms with van der Waals surface area (Å²) in [4.78, 5) is 4.48. The Morgan fingerprint density at radius 1 is 1.10 bits per heavy atom. The Morgan fingerprint density at radius 3 is 2.37 bits per heavy atom. The fourth-order valence-corrected chi connectivity index (χ4v) is 2.90. The van der Waals surface area contributed by atoms with Gasteiger partial charge in [-0.05, 0) is 45.4 Å². The number of halogens is 1. The van der Waals surface area contributed by atoms with Gasteiger partial charge >= 0.3 is 0 Å². The van der Waals surface area contributed by atoms with Gasteiger partial charge in [-0.15, -0.1) is 24.0 Å². The monoisotopic (exact) mass is 557 g/mol. The van der Waals surface area contributed by atoms with E-state index in [1.54, 1.807) is 0 Å². The quantitative estimate of drug-likeness (QED) is 0.167. The smallest absolute Gasteiger partial charge is 0.191 e. The number of guanidine groups is 1. The number of hydrogen-bond donors (Lipinski definition) is 2. The van der Waals surface area contributed by atoms with E-state index in [0.29, 0.717) is 32.3 Å². The summed E-state index contributed by atoms with van der Waals surface area (Å²) in [5.74, 6) is 2.14. The van der Waals surface area contributed by atoms with Crippen LogP contribution in [0.3, 0.4) is 0 Å². The minimum absolute atomic E-state index is 0. The fraction of sp³-hybridized carbons (Fsp3) is 0.650. The van der Waals surface area contributed by atoms with Crippen molar-refractivity contribution in [1.82, 2.24) is 10.6 Å². The van der Waals surface area contributed by atoms with Crippen molar-refractivity contribution in [2.75, 3.05) is 51.5 Å². The van der Waals surface area contributed by atoms with Crippen molar-refractivity contribution < 1.29 is 22.6 Å². The summed E-state index contributed by atoms with van der Waals surface area (Å²) in [5.41, 5.74) is 1.05. The number of benzene rings is 1. The molecule has 10 heteroatoms. The van der Waals surface area contributed by atoms with Gasteiger partial charge < -0.3 is 24.8 Å². The van der Waals surface area contributed by atoms with Crippen molar-refractivity contribution in [3.05, 3.63) is 23.8 Å². The molecule has 0 saturated carbocycles. The van der Waals surface area contributed by atoms with Crippen LogP contribution in [0.1, 0.15) is 39.3 Å². The molecule has 0 fully saturated rings. The second-order valence-corrected chi connectivity index (χ2v) is 8.70. The molecule has 8 nitrogen and oxygen atoms in total. The zero-order valence-electron chi connectivity index (χ0n) is 18.6. The van der Waals surface area contributed by atoms with Crippen molar-refractivity contribution in [2.45, 2.75) is 33.7 Å². The highest BCUT2D eigenvalue weighted by molar-refractivity contribution is 14.0. The lowest BCUT2D eigenvalue weighted by Gasteiger charge is -2.20. The van der Waals surface area contributed by atoms with E-state index in [1.165, 1.54) is 6.26 Å². The third-order valence-corrected chi connectivity index (χ3v) is 4.78. The molecule has 0 aliphatic rings. The van der Waals surface area contributed by atoms with Gasteiger partial charge in [0.05, 0.1) is 44.8 Å². The Balaban J connectivity index is 0.00000841. The lowest BCUT2D eigenvalue weighted by atomic mass is 10.1. The molecule has 2 N–H and O–H groups in total. The molecule has 0 bridgehead atoms. The second kappa shape index (κ2) is 15.5. The number of ether oxygens (including phenoxy) is 3.